The molecule has 0 heterocycles. The highest BCUT2D eigenvalue weighted by molar-refractivity contribution is 5.80. The van der Waals surface area contributed by atoms with Crippen LogP contribution in [0.2, 0.25) is 0 Å². The van der Waals surface area contributed by atoms with Crippen LogP contribution in [0, 0.1) is 12.8 Å². The summed E-state index contributed by atoms with van der Waals surface area (Å²) in [6.45, 7) is 11.5. The van der Waals surface area contributed by atoms with Crippen LogP contribution in [0.15, 0.2) is 0 Å². The van der Waals surface area contributed by atoms with Gasteiger partial charge < -0.3 is 4.90 Å². The molecule has 0 aromatic carbocycles. The van der Waals surface area contributed by atoms with Crippen LogP contribution in [0.5, 0.6) is 0 Å². The Morgan fingerprint density at radius 2 is 2.08 bits per heavy atom. The summed E-state index contributed by atoms with van der Waals surface area (Å²) < 4.78 is 0. The fourth-order valence-electron chi connectivity index (χ4n) is 1.11. The van der Waals surface area contributed by atoms with Crippen molar-refractivity contribution >= 4 is 5.91 Å². The van der Waals surface area contributed by atoms with Gasteiger partial charge in [-0.05, 0) is 12.3 Å². The molecule has 2 nitrogen and oxygen atoms in total. The number of rotatable bonds is 5. The molecule has 0 spiro atoms. The summed E-state index contributed by atoms with van der Waals surface area (Å²) in [5.41, 5.74) is 0. The summed E-state index contributed by atoms with van der Waals surface area (Å²) in [4.78, 5) is 12.8. The van der Waals surface area contributed by atoms with Gasteiger partial charge in [0, 0.05) is 20.0 Å². The van der Waals surface area contributed by atoms with Gasteiger partial charge in [-0.25, -0.2) is 0 Å². The summed E-state index contributed by atoms with van der Waals surface area (Å²) in [5.74, 6) is 0.490. The number of carbonyl (C=O) groups is 1. The molecule has 0 atom stereocenters. The maximum atomic E-state index is 11.0. The van der Waals surface area contributed by atoms with Gasteiger partial charge in [-0.2, -0.15) is 0 Å². The Morgan fingerprint density at radius 3 is 2.42 bits per heavy atom. The van der Waals surface area contributed by atoms with Crippen LogP contribution in [-0.2, 0) is 4.79 Å². The summed E-state index contributed by atoms with van der Waals surface area (Å²) in [7, 11) is 0. The predicted octanol–water partition coefficient (Wildman–Crippen LogP) is 2.11. The molecule has 0 aliphatic carbocycles. The second kappa shape index (κ2) is 6.04. The van der Waals surface area contributed by atoms with E-state index >= 15 is 0 Å². The minimum atomic E-state index is -0.0443. The summed E-state index contributed by atoms with van der Waals surface area (Å²) in [6.07, 6.45) is 2.20. The van der Waals surface area contributed by atoms with Gasteiger partial charge in [0.15, 0.2) is 0 Å². The first-order valence-electron chi connectivity index (χ1n) is 4.68. The van der Waals surface area contributed by atoms with Crippen molar-refractivity contribution in [3.05, 3.63) is 6.92 Å². The molecule has 0 aliphatic rings. The number of carbonyl (C=O) groups excluding carboxylic acids is 1. The molecule has 1 amide bonds. The predicted molar refractivity (Wildman–Crippen MR) is 51.7 cm³/mol. The van der Waals surface area contributed by atoms with Gasteiger partial charge in [0.25, 0.3) is 0 Å². The maximum Gasteiger partial charge on any atom is 0.223 e. The second-order valence-electron chi connectivity index (χ2n) is 3.59. The van der Waals surface area contributed by atoms with Gasteiger partial charge in [0.1, 0.15) is 0 Å². The fraction of sp³-hybridized carbons (Fsp3) is 0.800. The van der Waals surface area contributed by atoms with Crippen LogP contribution in [0.3, 0.4) is 0 Å². The van der Waals surface area contributed by atoms with Crippen LogP contribution in [0.25, 0.3) is 0 Å². The molecule has 0 aliphatic heterocycles. The number of hydrogen-bond acceptors (Lipinski definition) is 1. The van der Waals surface area contributed by atoms with Crippen LogP contribution >= 0.6 is 0 Å². The number of hydrogen-bond donors (Lipinski definition) is 0. The standard InChI is InChI=1S/C10H20NO/c1-5-6-7-11(10(4)12)8-9(2)3/h9H,4-8H2,1-3H3. The zero-order chi connectivity index (χ0) is 9.56. The first-order valence-corrected chi connectivity index (χ1v) is 4.68. The molecule has 2 heteroatoms. The van der Waals surface area contributed by atoms with Crippen molar-refractivity contribution in [3.8, 4) is 0 Å². The Balaban J connectivity index is 3.78. The Hall–Kier alpha value is -0.530. The monoisotopic (exact) mass is 170 g/mol. The average Bonchev–Trinajstić information content (AvgIpc) is 1.96. The lowest BCUT2D eigenvalue weighted by molar-refractivity contribution is -0.126. The molecule has 12 heavy (non-hydrogen) atoms. The van der Waals surface area contributed by atoms with Crippen molar-refractivity contribution in [1.82, 2.24) is 4.90 Å². The number of amides is 1. The van der Waals surface area contributed by atoms with Crippen molar-refractivity contribution in [1.29, 1.82) is 0 Å². The molecule has 71 valence electrons. The Labute approximate surface area is 75.9 Å². The Morgan fingerprint density at radius 1 is 1.50 bits per heavy atom. The Kier molecular flexibility index (Phi) is 5.77. The summed E-state index contributed by atoms with van der Waals surface area (Å²) >= 11 is 0. The van der Waals surface area contributed by atoms with Crippen molar-refractivity contribution in [2.75, 3.05) is 13.1 Å². The molecule has 0 unspecified atom stereocenters. The van der Waals surface area contributed by atoms with E-state index in [1.165, 1.54) is 0 Å². The molecular formula is C10H20NO. The minimum absolute atomic E-state index is 0.0443. The van der Waals surface area contributed by atoms with Crippen LogP contribution in [0.1, 0.15) is 33.6 Å². The minimum Gasteiger partial charge on any atom is -0.342 e. The molecular weight excluding hydrogens is 150 g/mol. The lowest BCUT2D eigenvalue weighted by atomic mass is 10.2. The highest BCUT2D eigenvalue weighted by Crippen LogP contribution is 2.01. The van der Waals surface area contributed by atoms with Gasteiger partial charge in [-0.1, -0.05) is 27.2 Å². The van der Waals surface area contributed by atoms with Crippen molar-refractivity contribution in [2.24, 2.45) is 5.92 Å². The van der Waals surface area contributed by atoms with E-state index < -0.39 is 0 Å². The normalized spacial score (nSPS) is 10.4. The van der Waals surface area contributed by atoms with E-state index in [1.807, 2.05) is 4.90 Å². The molecule has 0 rings (SSSR count). The van der Waals surface area contributed by atoms with Gasteiger partial charge in [-0.15, -0.1) is 0 Å². The molecule has 0 fully saturated rings. The van der Waals surface area contributed by atoms with Gasteiger partial charge in [0.05, 0.1) is 0 Å². The number of nitrogens with zero attached hydrogens (tertiary/aromatic N) is 1. The smallest absolute Gasteiger partial charge is 0.223 e. The quantitative estimate of drug-likeness (QED) is 0.619. The van der Waals surface area contributed by atoms with Crippen LogP contribution in [-0.4, -0.2) is 23.9 Å². The molecule has 0 saturated carbocycles. The fourth-order valence-corrected chi connectivity index (χ4v) is 1.11. The number of unbranched alkanes of at least 4 members (excludes halogenated alkanes) is 1. The highest BCUT2D eigenvalue weighted by Gasteiger charge is 2.08. The zero-order valence-electron chi connectivity index (χ0n) is 8.47. The van der Waals surface area contributed by atoms with Crippen molar-refractivity contribution in [3.63, 3.8) is 0 Å². The van der Waals surface area contributed by atoms with E-state index in [9.17, 15) is 4.79 Å². The van der Waals surface area contributed by atoms with Crippen LogP contribution < -0.4 is 0 Å². The van der Waals surface area contributed by atoms with E-state index in [1.54, 1.807) is 0 Å². The SMILES string of the molecule is [CH2]C(=O)N(CCCC)CC(C)C. The first-order chi connectivity index (χ1) is 5.57. The largest absolute Gasteiger partial charge is 0.342 e. The molecule has 1 radical (unpaired) electrons. The zero-order valence-corrected chi connectivity index (χ0v) is 8.47. The van der Waals surface area contributed by atoms with Gasteiger partial charge in [-0.3, -0.25) is 4.79 Å². The van der Waals surface area contributed by atoms with Crippen LogP contribution in [0.4, 0.5) is 0 Å². The lowest BCUT2D eigenvalue weighted by Crippen LogP contribution is -2.33. The third-order valence-corrected chi connectivity index (χ3v) is 1.72. The third-order valence-electron chi connectivity index (χ3n) is 1.72. The van der Waals surface area contributed by atoms with Crippen molar-refractivity contribution < 1.29 is 4.79 Å². The van der Waals surface area contributed by atoms with Gasteiger partial charge >= 0.3 is 0 Å². The Bertz CT molecular complexity index is 132. The maximum absolute atomic E-state index is 11.0. The average molecular weight is 170 g/mol. The van der Waals surface area contributed by atoms with Gasteiger partial charge in [0.2, 0.25) is 5.91 Å². The summed E-state index contributed by atoms with van der Waals surface area (Å²) in [6, 6.07) is 0. The second-order valence-corrected chi connectivity index (χ2v) is 3.59. The topological polar surface area (TPSA) is 20.3 Å². The summed E-state index contributed by atoms with van der Waals surface area (Å²) in [5, 5.41) is 0. The third kappa shape index (κ3) is 5.16. The van der Waals surface area contributed by atoms with E-state index in [0.29, 0.717) is 5.92 Å². The van der Waals surface area contributed by atoms with E-state index in [4.69, 9.17) is 0 Å². The highest BCUT2D eigenvalue weighted by atomic mass is 16.2. The molecule has 0 aromatic heterocycles. The molecule has 0 bridgehead atoms. The lowest BCUT2D eigenvalue weighted by Gasteiger charge is -2.22. The molecule has 0 saturated heterocycles. The first kappa shape index (κ1) is 11.5. The van der Waals surface area contributed by atoms with E-state index in [0.717, 1.165) is 25.9 Å². The van der Waals surface area contributed by atoms with E-state index in [-0.39, 0.29) is 5.91 Å². The molecule has 0 N–H and O–H groups in total. The van der Waals surface area contributed by atoms with Crippen molar-refractivity contribution in [2.45, 2.75) is 33.6 Å². The van der Waals surface area contributed by atoms with E-state index in [2.05, 4.69) is 27.7 Å². The molecule has 0 aromatic rings.